The highest BCUT2D eigenvalue weighted by Crippen LogP contribution is 2.27. The summed E-state index contributed by atoms with van der Waals surface area (Å²) in [5.74, 6) is 0.852. The van der Waals surface area contributed by atoms with Crippen LogP contribution in [0.2, 0.25) is 0 Å². The number of hydrogen-bond acceptors (Lipinski definition) is 5. The first kappa shape index (κ1) is 15.3. The minimum atomic E-state index is -0.411. The smallest absolute Gasteiger partial charge is 0.271 e. The summed E-state index contributed by atoms with van der Waals surface area (Å²) in [6.07, 6.45) is 1.79. The quantitative estimate of drug-likeness (QED) is 0.660. The fourth-order valence-electron chi connectivity index (χ4n) is 1.96. The number of rotatable bonds is 5. The molecular formula is C13H16BrN5O2. The highest BCUT2D eigenvalue weighted by atomic mass is 79.9. The van der Waals surface area contributed by atoms with Gasteiger partial charge >= 0.3 is 0 Å². The number of aromatic nitrogens is 2. The number of benzene rings is 1. The fraction of sp³-hybridized carbons (Fsp3) is 0.308. The van der Waals surface area contributed by atoms with Gasteiger partial charge in [0, 0.05) is 37.7 Å². The number of nitrogens with zero attached hydrogens (tertiary/aromatic N) is 4. The van der Waals surface area contributed by atoms with Gasteiger partial charge in [0.1, 0.15) is 0 Å². The molecule has 0 bridgehead atoms. The summed E-state index contributed by atoms with van der Waals surface area (Å²) >= 11 is 3.38. The molecule has 2 aromatic rings. The molecule has 0 saturated carbocycles. The lowest BCUT2D eigenvalue weighted by molar-refractivity contribution is -0.384. The number of nitro benzene ring substituents is 1. The summed E-state index contributed by atoms with van der Waals surface area (Å²) in [4.78, 5) is 16.7. The number of imidazole rings is 1. The van der Waals surface area contributed by atoms with Crippen LogP contribution in [0.5, 0.6) is 0 Å². The van der Waals surface area contributed by atoms with Gasteiger partial charge in [0.15, 0.2) is 0 Å². The van der Waals surface area contributed by atoms with Crippen molar-refractivity contribution >= 4 is 33.3 Å². The Kier molecular flexibility index (Phi) is 4.46. The van der Waals surface area contributed by atoms with E-state index in [0.29, 0.717) is 12.2 Å². The Morgan fingerprint density at radius 3 is 2.76 bits per heavy atom. The lowest BCUT2D eigenvalue weighted by atomic mass is 10.3. The molecule has 0 aliphatic carbocycles. The molecule has 1 aromatic heterocycles. The first-order valence-electron chi connectivity index (χ1n) is 6.26. The Morgan fingerprint density at radius 2 is 2.19 bits per heavy atom. The third kappa shape index (κ3) is 3.33. The van der Waals surface area contributed by atoms with Crippen LogP contribution in [0.4, 0.5) is 17.3 Å². The minimum absolute atomic E-state index is 0.0553. The molecule has 21 heavy (non-hydrogen) atoms. The number of nitro groups is 1. The molecule has 2 rings (SSSR count). The lowest BCUT2D eigenvalue weighted by Gasteiger charge is -2.13. The summed E-state index contributed by atoms with van der Waals surface area (Å²) < 4.78 is 2.75. The normalized spacial score (nSPS) is 10.5. The number of hydrogen-bond donors (Lipinski definition) is 1. The first-order valence-corrected chi connectivity index (χ1v) is 7.05. The molecule has 0 atom stereocenters. The van der Waals surface area contributed by atoms with Crippen LogP contribution < -0.4 is 10.2 Å². The second-order valence-electron chi connectivity index (χ2n) is 4.78. The number of non-ortho nitro benzene ring substituents is 1. The largest absolute Gasteiger partial charge is 0.378 e. The molecule has 8 heteroatoms. The standard InChI is InChI=1S/C13H16BrN5O2/c1-17(2)13-16-8-10(18(13)3)7-15-12-6-9(19(20)21)4-5-11(12)14/h4-6,8,15H,7H2,1-3H3. The van der Waals surface area contributed by atoms with Gasteiger partial charge in [0.05, 0.1) is 29.0 Å². The maximum atomic E-state index is 10.8. The van der Waals surface area contributed by atoms with Crippen molar-refractivity contribution in [2.45, 2.75) is 6.54 Å². The van der Waals surface area contributed by atoms with Crippen molar-refractivity contribution in [3.05, 3.63) is 44.7 Å². The molecule has 112 valence electrons. The number of halogens is 1. The molecule has 0 aliphatic rings. The van der Waals surface area contributed by atoms with Gasteiger partial charge in [0.25, 0.3) is 5.69 Å². The molecule has 1 aromatic carbocycles. The molecule has 0 radical (unpaired) electrons. The van der Waals surface area contributed by atoms with Crippen LogP contribution in [0.25, 0.3) is 0 Å². The van der Waals surface area contributed by atoms with Gasteiger partial charge in [-0.05, 0) is 22.0 Å². The van der Waals surface area contributed by atoms with Gasteiger partial charge in [-0.15, -0.1) is 0 Å². The number of nitrogens with one attached hydrogen (secondary N) is 1. The van der Waals surface area contributed by atoms with E-state index >= 15 is 0 Å². The Labute approximate surface area is 130 Å². The van der Waals surface area contributed by atoms with Crippen LogP contribution >= 0.6 is 15.9 Å². The second-order valence-corrected chi connectivity index (χ2v) is 5.63. The highest BCUT2D eigenvalue weighted by molar-refractivity contribution is 9.10. The van der Waals surface area contributed by atoms with Crippen molar-refractivity contribution in [3.63, 3.8) is 0 Å². The molecule has 0 unspecified atom stereocenters. The molecule has 0 spiro atoms. The first-order chi connectivity index (χ1) is 9.90. The predicted octanol–water partition coefficient (Wildman–Crippen LogP) is 2.77. The van der Waals surface area contributed by atoms with Crippen molar-refractivity contribution in [1.82, 2.24) is 9.55 Å². The summed E-state index contributed by atoms with van der Waals surface area (Å²) in [5.41, 5.74) is 1.72. The Morgan fingerprint density at radius 1 is 1.48 bits per heavy atom. The maximum absolute atomic E-state index is 10.8. The maximum Gasteiger partial charge on any atom is 0.271 e. The van der Waals surface area contributed by atoms with E-state index in [1.807, 2.05) is 30.6 Å². The molecule has 0 fully saturated rings. The Balaban J connectivity index is 2.16. The van der Waals surface area contributed by atoms with Crippen molar-refractivity contribution < 1.29 is 4.92 Å². The van der Waals surface area contributed by atoms with Crippen LogP contribution in [0.3, 0.4) is 0 Å². The lowest BCUT2D eigenvalue weighted by Crippen LogP contribution is -2.15. The van der Waals surface area contributed by atoms with Crippen molar-refractivity contribution in [2.75, 3.05) is 24.3 Å². The molecule has 0 aliphatic heterocycles. The second kappa shape index (κ2) is 6.13. The summed E-state index contributed by atoms with van der Waals surface area (Å²) in [7, 11) is 5.79. The van der Waals surface area contributed by atoms with Crippen LogP contribution in [0, 0.1) is 10.1 Å². The van der Waals surface area contributed by atoms with E-state index in [9.17, 15) is 10.1 Å². The minimum Gasteiger partial charge on any atom is -0.378 e. The summed E-state index contributed by atoms with van der Waals surface area (Å²) in [6, 6.07) is 4.63. The molecule has 0 amide bonds. The molecule has 7 nitrogen and oxygen atoms in total. The Bertz CT molecular complexity index is 669. The highest BCUT2D eigenvalue weighted by Gasteiger charge is 2.11. The summed E-state index contributed by atoms with van der Waals surface area (Å²) in [6.45, 7) is 0.525. The van der Waals surface area contributed by atoms with E-state index in [1.54, 1.807) is 12.3 Å². The van der Waals surface area contributed by atoms with Crippen LogP contribution in [-0.4, -0.2) is 28.6 Å². The molecule has 1 N–H and O–H groups in total. The van der Waals surface area contributed by atoms with Crippen molar-refractivity contribution in [1.29, 1.82) is 0 Å². The molecule has 1 heterocycles. The van der Waals surface area contributed by atoms with E-state index in [2.05, 4.69) is 26.2 Å². The number of anilines is 2. The predicted molar refractivity (Wildman–Crippen MR) is 85.7 cm³/mol. The van der Waals surface area contributed by atoms with Crippen LogP contribution in [-0.2, 0) is 13.6 Å². The van der Waals surface area contributed by atoms with E-state index in [1.165, 1.54) is 12.1 Å². The zero-order chi connectivity index (χ0) is 15.6. The van der Waals surface area contributed by atoms with E-state index in [4.69, 9.17) is 0 Å². The molecule has 0 saturated heterocycles. The van der Waals surface area contributed by atoms with Crippen molar-refractivity contribution in [3.8, 4) is 0 Å². The average molecular weight is 354 g/mol. The van der Waals surface area contributed by atoms with E-state index in [0.717, 1.165) is 16.1 Å². The van der Waals surface area contributed by atoms with Gasteiger partial charge in [-0.1, -0.05) is 0 Å². The SMILES string of the molecule is CN(C)c1ncc(CNc2cc([N+](=O)[O-])ccc2Br)n1C. The monoisotopic (exact) mass is 353 g/mol. The van der Waals surface area contributed by atoms with E-state index < -0.39 is 4.92 Å². The van der Waals surface area contributed by atoms with Gasteiger partial charge in [-0.3, -0.25) is 10.1 Å². The third-order valence-electron chi connectivity index (χ3n) is 3.08. The van der Waals surface area contributed by atoms with E-state index in [-0.39, 0.29) is 5.69 Å². The van der Waals surface area contributed by atoms with Gasteiger partial charge in [-0.25, -0.2) is 4.98 Å². The molecular weight excluding hydrogens is 338 g/mol. The van der Waals surface area contributed by atoms with Crippen LogP contribution in [0.15, 0.2) is 28.9 Å². The van der Waals surface area contributed by atoms with Gasteiger partial charge in [0.2, 0.25) is 5.95 Å². The fourth-order valence-corrected chi connectivity index (χ4v) is 2.35. The summed E-state index contributed by atoms with van der Waals surface area (Å²) in [5, 5.41) is 14.0. The average Bonchev–Trinajstić information content (AvgIpc) is 2.79. The third-order valence-corrected chi connectivity index (χ3v) is 3.77. The van der Waals surface area contributed by atoms with Crippen LogP contribution in [0.1, 0.15) is 5.69 Å². The topological polar surface area (TPSA) is 76.2 Å². The zero-order valence-corrected chi connectivity index (χ0v) is 13.6. The van der Waals surface area contributed by atoms with Crippen molar-refractivity contribution in [2.24, 2.45) is 7.05 Å². The van der Waals surface area contributed by atoms with Gasteiger partial charge < -0.3 is 14.8 Å². The zero-order valence-electron chi connectivity index (χ0n) is 12.0. The van der Waals surface area contributed by atoms with Gasteiger partial charge in [-0.2, -0.15) is 0 Å². The Hall–Kier alpha value is -2.09.